The molecule has 2 fully saturated rings. The molecule has 5 heteroatoms. The van der Waals surface area contributed by atoms with Crippen molar-refractivity contribution in [2.24, 2.45) is 10.9 Å². The number of hydrogen-bond acceptors (Lipinski definition) is 2. The Morgan fingerprint density at radius 2 is 1.95 bits per heavy atom. The van der Waals surface area contributed by atoms with E-state index < -0.39 is 0 Å². The second-order valence-corrected chi connectivity index (χ2v) is 5.84. The van der Waals surface area contributed by atoms with Gasteiger partial charge in [0.05, 0.1) is 0 Å². The van der Waals surface area contributed by atoms with Crippen LogP contribution in [0.15, 0.2) is 4.99 Å². The Morgan fingerprint density at radius 1 is 1.20 bits per heavy atom. The van der Waals surface area contributed by atoms with Crippen molar-refractivity contribution in [2.45, 2.75) is 39.5 Å². The fourth-order valence-electron chi connectivity index (χ4n) is 3.15. The summed E-state index contributed by atoms with van der Waals surface area (Å²) >= 11 is 0. The molecule has 0 radical (unpaired) electrons. The van der Waals surface area contributed by atoms with Gasteiger partial charge in [0.1, 0.15) is 0 Å². The number of aliphatic imine (C=N–C) groups is 1. The molecular formula is C15H31IN4. The summed E-state index contributed by atoms with van der Waals surface area (Å²) in [6, 6.07) is 0. The van der Waals surface area contributed by atoms with Crippen LogP contribution in [0, 0.1) is 5.92 Å². The first-order valence-electron chi connectivity index (χ1n) is 8.09. The molecule has 2 saturated heterocycles. The van der Waals surface area contributed by atoms with E-state index in [2.05, 4.69) is 29.0 Å². The van der Waals surface area contributed by atoms with E-state index >= 15 is 0 Å². The fourth-order valence-corrected chi connectivity index (χ4v) is 3.15. The third kappa shape index (κ3) is 5.39. The lowest BCUT2D eigenvalue weighted by Gasteiger charge is -2.21. The lowest BCUT2D eigenvalue weighted by molar-refractivity contribution is 0.326. The minimum atomic E-state index is 0. The van der Waals surface area contributed by atoms with Gasteiger partial charge in [-0.3, -0.25) is 4.99 Å². The Balaban J connectivity index is 0.00000200. The van der Waals surface area contributed by atoms with E-state index in [0.29, 0.717) is 0 Å². The maximum atomic E-state index is 4.88. The van der Waals surface area contributed by atoms with Crippen LogP contribution in [0.25, 0.3) is 0 Å². The predicted octanol–water partition coefficient (Wildman–Crippen LogP) is 2.40. The van der Waals surface area contributed by atoms with Crippen molar-refractivity contribution in [2.75, 3.05) is 45.8 Å². The maximum absolute atomic E-state index is 4.88. The summed E-state index contributed by atoms with van der Waals surface area (Å²) in [4.78, 5) is 9.88. The fraction of sp³-hybridized carbons (Fsp3) is 0.933. The predicted molar refractivity (Wildman–Crippen MR) is 97.0 cm³/mol. The molecule has 2 aliphatic heterocycles. The normalized spacial score (nSPS) is 24.0. The topological polar surface area (TPSA) is 30.9 Å². The Kier molecular flexibility index (Phi) is 8.84. The van der Waals surface area contributed by atoms with Gasteiger partial charge >= 0.3 is 0 Å². The van der Waals surface area contributed by atoms with Crippen LogP contribution in [0.2, 0.25) is 0 Å². The Morgan fingerprint density at radius 3 is 2.60 bits per heavy atom. The number of likely N-dealkylation sites (tertiary alicyclic amines) is 2. The van der Waals surface area contributed by atoms with Crippen molar-refractivity contribution < 1.29 is 0 Å². The molecule has 1 N–H and O–H groups in total. The van der Waals surface area contributed by atoms with Crippen LogP contribution in [0.5, 0.6) is 0 Å². The van der Waals surface area contributed by atoms with E-state index in [1.54, 1.807) is 0 Å². The summed E-state index contributed by atoms with van der Waals surface area (Å²) in [6.07, 6.45) is 5.23. The molecule has 2 heterocycles. The van der Waals surface area contributed by atoms with E-state index in [4.69, 9.17) is 4.99 Å². The molecule has 118 valence electrons. The first-order chi connectivity index (χ1) is 9.33. The highest BCUT2D eigenvalue weighted by atomic mass is 127. The van der Waals surface area contributed by atoms with Gasteiger partial charge in [0.25, 0.3) is 0 Å². The average molecular weight is 394 g/mol. The summed E-state index contributed by atoms with van der Waals surface area (Å²) in [5.41, 5.74) is 0. The van der Waals surface area contributed by atoms with Gasteiger partial charge in [0.15, 0.2) is 5.96 Å². The van der Waals surface area contributed by atoms with Crippen LogP contribution in [0.1, 0.15) is 39.5 Å². The van der Waals surface area contributed by atoms with E-state index in [0.717, 1.165) is 25.0 Å². The van der Waals surface area contributed by atoms with Crippen molar-refractivity contribution in [1.82, 2.24) is 15.1 Å². The van der Waals surface area contributed by atoms with Crippen molar-refractivity contribution in [3.8, 4) is 0 Å². The molecule has 2 rings (SSSR count). The van der Waals surface area contributed by atoms with E-state index in [9.17, 15) is 0 Å². The van der Waals surface area contributed by atoms with Gasteiger partial charge in [-0.25, -0.2) is 0 Å². The van der Waals surface area contributed by atoms with Crippen LogP contribution >= 0.6 is 24.0 Å². The van der Waals surface area contributed by atoms with Crippen LogP contribution < -0.4 is 5.32 Å². The molecule has 2 aliphatic rings. The minimum absolute atomic E-state index is 0. The van der Waals surface area contributed by atoms with E-state index in [-0.39, 0.29) is 24.0 Å². The van der Waals surface area contributed by atoms with Gasteiger partial charge in [-0.15, -0.1) is 24.0 Å². The second-order valence-electron chi connectivity index (χ2n) is 5.84. The number of nitrogens with one attached hydrogen (secondary N) is 1. The zero-order valence-electron chi connectivity index (χ0n) is 13.1. The summed E-state index contributed by atoms with van der Waals surface area (Å²) in [6.45, 7) is 12.5. The van der Waals surface area contributed by atoms with Crippen LogP contribution in [0.4, 0.5) is 0 Å². The monoisotopic (exact) mass is 394 g/mol. The standard InChI is InChI=1S/C15H30N4.HI/c1-3-8-18-11-7-14(13-18)12-17-15(16-4-2)19-9-5-6-10-19;/h14H,3-13H2,1-2H3,(H,16,17);1H. The third-order valence-electron chi connectivity index (χ3n) is 4.15. The first kappa shape index (κ1) is 18.0. The van der Waals surface area contributed by atoms with Crippen molar-refractivity contribution >= 4 is 29.9 Å². The molecule has 4 nitrogen and oxygen atoms in total. The molecule has 0 aromatic rings. The largest absolute Gasteiger partial charge is 0.357 e. The van der Waals surface area contributed by atoms with Gasteiger partial charge in [0, 0.05) is 32.7 Å². The minimum Gasteiger partial charge on any atom is -0.357 e. The summed E-state index contributed by atoms with van der Waals surface area (Å²) in [7, 11) is 0. The highest BCUT2D eigenvalue weighted by molar-refractivity contribution is 14.0. The maximum Gasteiger partial charge on any atom is 0.193 e. The summed E-state index contributed by atoms with van der Waals surface area (Å²) < 4.78 is 0. The quantitative estimate of drug-likeness (QED) is 0.442. The summed E-state index contributed by atoms with van der Waals surface area (Å²) in [5, 5.41) is 3.45. The van der Waals surface area contributed by atoms with Gasteiger partial charge < -0.3 is 15.1 Å². The molecule has 0 saturated carbocycles. The highest BCUT2D eigenvalue weighted by Crippen LogP contribution is 2.17. The number of rotatable bonds is 5. The lowest BCUT2D eigenvalue weighted by Crippen LogP contribution is -2.40. The Labute approximate surface area is 141 Å². The summed E-state index contributed by atoms with van der Waals surface area (Å²) in [5.74, 6) is 1.91. The zero-order valence-corrected chi connectivity index (χ0v) is 15.4. The Bertz CT molecular complexity index is 290. The molecule has 0 aromatic heterocycles. The van der Waals surface area contributed by atoms with Crippen LogP contribution in [-0.2, 0) is 0 Å². The molecule has 1 unspecified atom stereocenters. The number of nitrogens with zero attached hydrogens (tertiary/aromatic N) is 3. The van der Waals surface area contributed by atoms with E-state index in [1.807, 2.05) is 0 Å². The highest BCUT2D eigenvalue weighted by Gasteiger charge is 2.22. The molecule has 1 atom stereocenters. The third-order valence-corrected chi connectivity index (χ3v) is 4.15. The number of hydrogen-bond donors (Lipinski definition) is 1. The SMILES string of the molecule is CCCN1CCC(CN=C(NCC)N2CCCC2)C1.I. The molecule has 0 spiro atoms. The van der Waals surface area contributed by atoms with Gasteiger partial charge in [-0.05, 0) is 51.6 Å². The molecular weight excluding hydrogens is 363 g/mol. The van der Waals surface area contributed by atoms with Gasteiger partial charge in [-0.2, -0.15) is 0 Å². The van der Waals surface area contributed by atoms with Gasteiger partial charge in [0.2, 0.25) is 0 Å². The smallest absolute Gasteiger partial charge is 0.193 e. The molecule has 20 heavy (non-hydrogen) atoms. The Hall–Kier alpha value is -0.0400. The zero-order chi connectivity index (χ0) is 13.5. The van der Waals surface area contributed by atoms with Crippen LogP contribution in [0.3, 0.4) is 0 Å². The average Bonchev–Trinajstić information content (AvgIpc) is 3.06. The molecule has 0 aliphatic carbocycles. The second kappa shape index (κ2) is 9.82. The molecule has 0 bridgehead atoms. The van der Waals surface area contributed by atoms with E-state index in [1.165, 1.54) is 58.4 Å². The lowest BCUT2D eigenvalue weighted by atomic mass is 10.1. The van der Waals surface area contributed by atoms with Crippen molar-refractivity contribution in [3.05, 3.63) is 0 Å². The van der Waals surface area contributed by atoms with Gasteiger partial charge in [-0.1, -0.05) is 6.92 Å². The molecule has 0 aromatic carbocycles. The number of guanidine groups is 1. The number of halogens is 1. The first-order valence-corrected chi connectivity index (χ1v) is 8.09. The molecule has 0 amide bonds. The van der Waals surface area contributed by atoms with Crippen molar-refractivity contribution in [1.29, 1.82) is 0 Å². The van der Waals surface area contributed by atoms with Crippen LogP contribution in [-0.4, -0.2) is 61.6 Å². The van der Waals surface area contributed by atoms with Crippen molar-refractivity contribution in [3.63, 3.8) is 0 Å².